The Labute approximate surface area is 80.7 Å². The lowest BCUT2D eigenvalue weighted by atomic mass is 10.1. The summed E-state index contributed by atoms with van der Waals surface area (Å²) < 4.78 is 0. The Balaban J connectivity index is 1.94. The number of nitrogens with one attached hydrogen (secondary N) is 1. The van der Waals surface area contributed by atoms with Gasteiger partial charge < -0.3 is 5.32 Å². The molecule has 0 aliphatic heterocycles. The SMILES string of the molecule is CSC(C)CNCC1CCCC1. The van der Waals surface area contributed by atoms with E-state index in [0.717, 1.165) is 11.2 Å². The minimum Gasteiger partial charge on any atom is -0.315 e. The van der Waals surface area contributed by atoms with Gasteiger partial charge in [-0.05, 0) is 31.6 Å². The molecule has 1 aliphatic carbocycles. The van der Waals surface area contributed by atoms with Crippen molar-refractivity contribution in [2.45, 2.75) is 37.9 Å². The van der Waals surface area contributed by atoms with E-state index in [2.05, 4.69) is 18.5 Å². The van der Waals surface area contributed by atoms with Crippen molar-refractivity contribution >= 4 is 11.8 Å². The highest BCUT2D eigenvalue weighted by Gasteiger charge is 2.14. The van der Waals surface area contributed by atoms with Crippen molar-refractivity contribution in [3.8, 4) is 0 Å². The molecule has 1 unspecified atom stereocenters. The maximum Gasteiger partial charge on any atom is 0.0141 e. The molecule has 1 rings (SSSR count). The Morgan fingerprint density at radius 1 is 1.42 bits per heavy atom. The third-order valence-electron chi connectivity index (χ3n) is 2.74. The Kier molecular flexibility index (Phi) is 5.08. The zero-order chi connectivity index (χ0) is 8.81. The first-order chi connectivity index (χ1) is 5.83. The van der Waals surface area contributed by atoms with Gasteiger partial charge in [0.1, 0.15) is 0 Å². The summed E-state index contributed by atoms with van der Waals surface area (Å²) in [6.07, 6.45) is 8.03. The first-order valence-electron chi connectivity index (χ1n) is 5.06. The van der Waals surface area contributed by atoms with Crippen LogP contribution < -0.4 is 5.32 Å². The lowest BCUT2D eigenvalue weighted by molar-refractivity contribution is 0.491. The Bertz CT molecular complexity index is 110. The zero-order valence-electron chi connectivity index (χ0n) is 8.31. The van der Waals surface area contributed by atoms with Gasteiger partial charge in [-0.1, -0.05) is 19.8 Å². The Morgan fingerprint density at radius 3 is 2.67 bits per heavy atom. The summed E-state index contributed by atoms with van der Waals surface area (Å²) in [7, 11) is 0. The van der Waals surface area contributed by atoms with Gasteiger partial charge in [-0.15, -0.1) is 0 Å². The molecule has 1 atom stereocenters. The molecule has 2 heteroatoms. The lowest BCUT2D eigenvalue weighted by Gasteiger charge is -2.13. The topological polar surface area (TPSA) is 12.0 Å². The average molecular weight is 187 g/mol. The quantitative estimate of drug-likeness (QED) is 0.710. The van der Waals surface area contributed by atoms with E-state index in [4.69, 9.17) is 0 Å². The van der Waals surface area contributed by atoms with Crippen molar-refractivity contribution in [2.75, 3.05) is 19.3 Å². The molecule has 0 aromatic rings. The fourth-order valence-corrected chi connectivity index (χ4v) is 2.07. The van der Waals surface area contributed by atoms with Gasteiger partial charge >= 0.3 is 0 Å². The van der Waals surface area contributed by atoms with Crippen LogP contribution in [0.4, 0.5) is 0 Å². The Hall–Kier alpha value is 0.310. The summed E-state index contributed by atoms with van der Waals surface area (Å²) in [5, 5.41) is 4.33. The highest BCUT2D eigenvalue weighted by atomic mass is 32.2. The van der Waals surface area contributed by atoms with Crippen molar-refractivity contribution in [3.63, 3.8) is 0 Å². The van der Waals surface area contributed by atoms with Gasteiger partial charge in [-0.3, -0.25) is 0 Å². The summed E-state index contributed by atoms with van der Waals surface area (Å²) in [4.78, 5) is 0. The van der Waals surface area contributed by atoms with Gasteiger partial charge in [0.2, 0.25) is 0 Å². The van der Waals surface area contributed by atoms with Gasteiger partial charge in [0.25, 0.3) is 0 Å². The molecule has 1 N–H and O–H groups in total. The van der Waals surface area contributed by atoms with Gasteiger partial charge in [0.05, 0.1) is 0 Å². The molecule has 0 heterocycles. The maximum absolute atomic E-state index is 3.56. The minimum atomic E-state index is 0.770. The van der Waals surface area contributed by atoms with E-state index in [1.54, 1.807) is 0 Å². The van der Waals surface area contributed by atoms with Crippen LogP contribution in [0.3, 0.4) is 0 Å². The van der Waals surface area contributed by atoms with Crippen LogP contribution in [0, 0.1) is 5.92 Å². The summed E-state index contributed by atoms with van der Waals surface area (Å²) in [5.41, 5.74) is 0. The van der Waals surface area contributed by atoms with Crippen LogP contribution in [0.1, 0.15) is 32.6 Å². The first kappa shape index (κ1) is 10.4. The molecule has 0 spiro atoms. The average Bonchev–Trinajstić information content (AvgIpc) is 2.57. The lowest BCUT2D eigenvalue weighted by Crippen LogP contribution is -2.27. The highest BCUT2D eigenvalue weighted by molar-refractivity contribution is 7.99. The van der Waals surface area contributed by atoms with Crippen LogP contribution in [0.15, 0.2) is 0 Å². The van der Waals surface area contributed by atoms with Crippen LogP contribution in [-0.4, -0.2) is 24.6 Å². The molecule has 1 aliphatic rings. The van der Waals surface area contributed by atoms with Crippen LogP contribution in [0.2, 0.25) is 0 Å². The molecular weight excluding hydrogens is 166 g/mol. The summed E-state index contributed by atoms with van der Waals surface area (Å²) >= 11 is 1.94. The van der Waals surface area contributed by atoms with Crippen LogP contribution in [0.25, 0.3) is 0 Å². The molecular formula is C10H21NS. The second kappa shape index (κ2) is 5.87. The minimum absolute atomic E-state index is 0.770. The third-order valence-corrected chi connectivity index (χ3v) is 3.71. The molecule has 12 heavy (non-hydrogen) atoms. The third kappa shape index (κ3) is 3.81. The zero-order valence-corrected chi connectivity index (χ0v) is 9.12. The molecule has 0 bridgehead atoms. The summed E-state index contributed by atoms with van der Waals surface area (Å²) in [6.45, 7) is 4.72. The second-order valence-corrected chi connectivity index (χ2v) is 5.13. The fourth-order valence-electron chi connectivity index (χ4n) is 1.79. The monoisotopic (exact) mass is 187 g/mol. The van der Waals surface area contributed by atoms with E-state index in [1.165, 1.54) is 38.8 Å². The molecule has 1 saturated carbocycles. The van der Waals surface area contributed by atoms with E-state index in [0.29, 0.717) is 0 Å². The van der Waals surface area contributed by atoms with Crippen LogP contribution in [-0.2, 0) is 0 Å². The van der Waals surface area contributed by atoms with Crippen LogP contribution >= 0.6 is 11.8 Å². The van der Waals surface area contributed by atoms with Crippen molar-refractivity contribution in [2.24, 2.45) is 5.92 Å². The first-order valence-corrected chi connectivity index (χ1v) is 6.35. The van der Waals surface area contributed by atoms with Gasteiger partial charge in [-0.2, -0.15) is 11.8 Å². The highest BCUT2D eigenvalue weighted by Crippen LogP contribution is 2.23. The van der Waals surface area contributed by atoms with E-state index < -0.39 is 0 Å². The molecule has 1 nitrogen and oxygen atoms in total. The van der Waals surface area contributed by atoms with E-state index in [1.807, 2.05) is 11.8 Å². The number of rotatable bonds is 5. The molecule has 0 saturated heterocycles. The van der Waals surface area contributed by atoms with Crippen molar-refractivity contribution in [1.29, 1.82) is 0 Å². The standard InChI is InChI=1S/C10H21NS/c1-9(12-2)7-11-8-10-5-3-4-6-10/h9-11H,3-8H2,1-2H3. The van der Waals surface area contributed by atoms with Gasteiger partial charge in [-0.25, -0.2) is 0 Å². The molecule has 0 aromatic carbocycles. The van der Waals surface area contributed by atoms with E-state index >= 15 is 0 Å². The number of hydrogen-bond acceptors (Lipinski definition) is 2. The molecule has 72 valence electrons. The van der Waals surface area contributed by atoms with Crippen LogP contribution in [0.5, 0.6) is 0 Å². The van der Waals surface area contributed by atoms with Crippen molar-refractivity contribution in [3.05, 3.63) is 0 Å². The van der Waals surface area contributed by atoms with Gasteiger partial charge in [0.15, 0.2) is 0 Å². The molecule has 1 fully saturated rings. The Morgan fingerprint density at radius 2 is 2.08 bits per heavy atom. The van der Waals surface area contributed by atoms with E-state index in [9.17, 15) is 0 Å². The predicted octanol–water partition coefficient (Wildman–Crippen LogP) is 2.52. The largest absolute Gasteiger partial charge is 0.315 e. The van der Waals surface area contributed by atoms with Crippen molar-refractivity contribution in [1.82, 2.24) is 5.32 Å². The smallest absolute Gasteiger partial charge is 0.0141 e. The fraction of sp³-hybridized carbons (Fsp3) is 1.00. The van der Waals surface area contributed by atoms with E-state index in [-0.39, 0.29) is 0 Å². The van der Waals surface area contributed by atoms with Gasteiger partial charge in [0, 0.05) is 11.8 Å². The maximum atomic E-state index is 3.56. The molecule has 0 amide bonds. The molecule has 0 radical (unpaired) electrons. The normalized spacial score (nSPS) is 21.5. The predicted molar refractivity (Wildman–Crippen MR) is 57.8 cm³/mol. The number of hydrogen-bond donors (Lipinski definition) is 1. The summed E-state index contributed by atoms with van der Waals surface area (Å²) in [5.74, 6) is 0.985. The number of thioether (sulfide) groups is 1. The molecule has 0 aromatic heterocycles. The van der Waals surface area contributed by atoms with Crippen molar-refractivity contribution < 1.29 is 0 Å². The second-order valence-electron chi connectivity index (χ2n) is 3.86. The summed E-state index contributed by atoms with van der Waals surface area (Å²) in [6, 6.07) is 0.